The van der Waals surface area contributed by atoms with E-state index in [1.807, 2.05) is 12.1 Å². The lowest BCUT2D eigenvalue weighted by molar-refractivity contribution is -0.136. The molecule has 0 bridgehead atoms. The number of unbranched alkanes of at least 4 members (excludes halogenated alkanes) is 1. The van der Waals surface area contributed by atoms with Crippen molar-refractivity contribution in [3.05, 3.63) is 71.8 Å². The average molecular weight is 364 g/mol. The Kier molecular flexibility index (Phi) is 7.09. The van der Waals surface area contributed by atoms with E-state index < -0.39 is 5.41 Å². The van der Waals surface area contributed by atoms with Crippen LogP contribution in [-0.2, 0) is 10.2 Å². The molecule has 0 aliphatic carbocycles. The Bertz CT molecular complexity index is 647. The third-order valence-corrected chi connectivity index (χ3v) is 5.95. The summed E-state index contributed by atoms with van der Waals surface area (Å²) < 4.78 is 0. The molecule has 2 aromatic carbocycles. The summed E-state index contributed by atoms with van der Waals surface area (Å²) in [7, 11) is 0. The Morgan fingerprint density at radius 3 is 1.78 bits per heavy atom. The van der Waals surface area contributed by atoms with Crippen molar-refractivity contribution < 1.29 is 4.79 Å². The van der Waals surface area contributed by atoms with E-state index in [0.29, 0.717) is 5.91 Å². The van der Waals surface area contributed by atoms with E-state index >= 15 is 0 Å². The van der Waals surface area contributed by atoms with Gasteiger partial charge in [0.1, 0.15) is 0 Å². The molecule has 0 radical (unpaired) electrons. The monoisotopic (exact) mass is 363 g/mol. The van der Waals surface area contributed by atoms with Crippen LogP contribution in [0.1, 0.15) is 69.4 Å². The molecule has 0 atom stereocenters. The lowest BCUT2D eigenvalue weighted by Crippen LogP contribution is -2.48. The SMILES string of the molecule is CCCCC(C(=O)N1CCCCCCC1)(c1ccccc1)c1ccccc1. The smallest absolute Gasteiger partial charge is 0.237 e. The van der Waals surface area contributed by atoms with Crippen molar-refractivity contribution in [1.29, 1.82) is 0 Å². The molecule has 1 aliphatic heterocycles. The summed E-state index contributed by atoms with van der Waals surface area (Å²) >= 11 is 0. The van der Waals surface area contributed by atoms with E-state index in [2.05, 4.69) is 60.4 Å². The van der Waals surface area contributed by atoms with Gasteiger partial charge in [0.15, 0.2) is 0 Å². The first-order valence-electron chi connectivity index (χ1n) is 10.7. The Balaban J connectivity index is 2.08. The predicted octanol–water partition coefficient (Wildman–Crippen LogP) is 5.96. The van der Waals surface area contributed by atoms with Gasteiger partial charge in [-0.25, -0.2) is 0 Å². The third kappa shape index (κ3) is 4.43. The lowest BCUT2D eigenvalue weighted by atomic mass is 9.69. The molecule has 0 N–H and O–H groups in total. The Morgan fingerprint density at radius 2 is 1.30 bits per heavy atom. The minimum Gasteiger partial charge on any atom is -0.342 e. The van der Waals surface area contributed by atoms with Crippen LogP contribution in [0.2, 0.25) is 0 Å². The van der Waals surface area contributed by atoms with Gasteiger partial charge in [-0.2, -0.15) is 0 Å². The van der Waals surface area contributed by atoms with E-state index in [1.54, 1.807) is 0 Å². The van der Waals surface area contributed by atoms with E-state index in [-0.39, 0.29) is 0 Å². The zero-order valence-corrected chi connectivity index (χ0v) is 16.7. The molecule has 0 unspecified atom stereocenters. The summed E-state index contributed by atoms with van der Waals surface area (Å²) in [6.07, 6.45) is 9.04. The van der Waals surface area contributed by atoms with E-state index in [1.165, 1.54) is 19.3 Å². The van der Waals surface area contributed by atoms with Gasteiger partial charge in [-0.3, -0.25) is 4.79 Å². The molecule has 2 aromatic rings. The molecule has 2 nitrogen and oxygen atoms in total. The first-order valence-corrected chi connectivity index (χ1v) is 10.7. The number of amides is 1. The number of carbonyl (C=O) groups excluding carboxylic acids is 1. The highest BCUT2D eigenvalue weighted by atomic mass is 16.2. The summed E-state index contributed by atoms with van der Waals surface area (Å²) in [5.41, 5.74) is 1.70. The predicted molar refractivity (Wildman–Crippen MR) is 113 cm³/mol. The van der Waals surface area contributed by atoms with Gasteiger partial charge in [0.25, 0.3) is 0 Å². The van der Waals surface area contributed by atoms with E-state index in [0.717, 1.165) is 56.3 Å². The number of rotatable bonds is 6. The van der Waals surface area contributed by atoms with Crippen LogP contribution in [-0.4, -0.2) is 23.9 Å². The van der Waals surface area contributed by atoms with Crippen LogP contribution in [0.3, 0.4) is 0 Å². The molecule has 1 heterocycles. The Hall–Kier alpha value is -2.09. The van der Waals surface area contributed by atoms with Gasteiger partial charge >= 0.3 is 0 Å². The Morgan fingerprint density at radius 1 is 0.815 bits per heavy atom. The van der Waals surface area contributed by atoms with Crippen LogP contribution >= 0.6 is 0 Å². The fourth-order valence-electron chi connectivity index (χ4n) is 4.42. The van der Waals surface area contributed by atoms with Gasteiger partial charge < -0.3 is 4.90 Å². The van der Waals surface area contributed by atoms with Gasteiger partial charge in [-0.05, 0) is 30.4 Å². The van der Waals surface area contributed by atoms with Crippen molar-refractivity contribution >= 4 is 5.91 Å². The van der Waals surface area contributed by atoms with Crippen LogP contribution in [0, 0.1) is 0 Å². The summed E-state index contributed by atoms with van der Waals surface area (Å²) in [5, 5.41) is 0. The fourth-order valence-corrected chi connectivity index (χ4v) is 4.42. The molecule has 1 saturated heterocycles. The number of hydrogen-bond donors (Lipinski definition) is 0. The average Bonchev–Trinajstić information content (AvgIpc) is 2.70. The number of benzene rings is 2. The van der Waals surface area contributed by atoms with Crippen molar-refractivity contribution in [1.82, 2.24) is 4.90 Å². The highest BCUT2D eigenvalue weighted by Gasteiger charge is 2.43. The highest BCUT2D eigenvalue weighted by Crippen LogP contribution is 2.39. The normalized spacial score (nSPS) is 15.8. The topological polar surface area (TPSA) is 20.3 Å². The molecule has 3 rings (SSSR count). The minimum atomic E-state index is -0.572. The van der Waals surface area contributed by atoms with Crippen LogP contribution in [0.5, 0.6) is 0 Å². The molecular formula is C25H33NO. The molecule has 0 spiro atoms. The summed E-state index contributed by atoms with van der Waals surface area (Å²) in [6, 6.07) is 20.9. The third-order valence-electron chi connectivity index (χ3n) is 5.95. The van der Waals surface area contributed by atoms with Crippen molar-refractivity contribution in [2.75, 3.05) is 13.1 Å². The zero-order valence-electron chi connectivity index (χ0n) is 16.7. The van der Waals surface area contributed by atoms with E-state index in [9.17, 15) is 4.79 Å². The van der Waals surface area contributed by atoms with Crippen LogP contribution in [0.15, 0.2) is 60.7 Å². The summed E-state index contributed by atoms with van der Waals surface area (Å²) in [5.74, 6) is 0.301. The molecule has 0 aromatic heterocycles. The summed E-state index contributed by atoms with van der Waals surface area (Å²) in [4.78, 5) is 16.3. The quantitative estimate of drug-likeness (QED) is 0.620. The van der Waals surface area contributed by atoms with Crippen molar-refractivity contribution in [3.8, 4) is 0 Å². The fraction of sp³-hybridized carbons (Fsp3) is 0.480. The standard InChI is InChI=1S/C25H33NO/c1-2-3-19-25(22-15-9-7-10-16-22,23-17-11-8-12-18-23)24(27)26-20-13-5-4-6-14-21-26/h7-12,15-18H,2-6,13-14,19-21H2,1H3. The largest absolute Gasteiger partial charge is 0.342 e. The molecule has 1 aliphatic rings. The lowest BCUT2D eigenvalue weighted by Gasteiger charge is -2.39. The van der Waals surface area contributed by atoms with Crippen molar-refractivity contribution in [2.45, 2.75) is 63.7 Å². The van der Waals surface area contributed by atoms with Gasteiger partial charge in [0.05, 0.1) is 5.41 Å². The van der Waals surface area contributed by atoms with Crippen LogP contribution in [0.25, 0.3) is 0 Å². The molecule has 1 fully saturated rings. The van der Waals surface area contributed by atoms with Gasteiger partial charge in [-0.15, -0.1) is 0 Å². The maximum atomic E-state index is 14.1. The van der Waals surface area contributed by atoms with Crippen molar-refractivity contribution in [3.63, 3.8) is 0 Å². The molecule has 27 heavy (non-hydrogen) atoms. The number of hydrogen-bond acceptors (Lipinski definition) is 1. The molecule has 2 heteroatoms. The van der Waals surface area contributed by atoms with Crippen LogP contribution in [0.4, 0.5) is 0 Å². The molecule has 1 amide bonds. The van der Waals surface area contributed by atoms with Crippen LogP contribution < -0.4 is 0 Å². The number of carbonyl (C=O) groups is 1. The van der Waals surface area contributed by atoms with Crippen molar-refractivity contribution in [2.24, 2.45) is 0 Å². The zero-order chi connectivity index (χ0) is 19.0. The Labute approximate surface area is 164 Å². The maximum Gasteiger partial charge on any atom is 0.237 e. The second-order valence-corrected chi connectivity index (χ2v) is 7.80. The number of nitrogens with zero attached hydrogens (tertiary/aromatic N) is 1. The second-order valence-electron chi connectivity index (χ2n) is 7.80. The number of likely N-dealkylation sites (tertiary alicyclic amines) is 1. The van der Waals surface area contributed by atoms with Gasteiger partial charge in [0.2, 0.25) is 5.91 Å². The maximum absolute atomic E-state index is 14.1. The summed E-state index contributed by atoms with van der Waals surface area (Å²) in [6.45, 7) is 4.00. The molecular weight excluding hydrogens is 330 g/mol. The minimum absolute atomic E-state index is 0.301. The highest BCUT2D eigenvalue weighted by molar-refractivity contribution is 5.92. The van der Waals surface area contributed by atoms with Gasteiger partial charge in [0, 0.05) is 13.1 Å². The van der Waals surface area contributed by atoms with E-state index in [4.69, 9.17) is 0 Å². The molecule has 144 valence electrons. The van der Waals surface area contributed by atoms with Gasteiger partial charge in [-0.1, -0.05) is 99.7 Å². The first kappa shape index (κ1) is 19.7. The molecule has 0 saturated carbocycles. The second kappa shape index (κ2) is 9.73. The first-order chi connectivity index (χ1) is 13.3.